The van der Waals surface area contributed by atoms with Crippen LogP contribution in [-0.2, 0) is 26.0 Å². The Morgan fingerprint density at radius 3 is 2.95 bits per heavy atom. The van der Waals surface area contributed by atoms with Crippen LogP contribution in [0.25, 0.3) is 0 Å². The number of ether oxygens (including phenoxy) is 1. The maximum absolute atomic E-state index is 12.3. The molecule has 1 atom stereocenters. The average Bonchev–Trinajstić information content (AvgIpc) is 2.91. The maximum atomic E-state index is 12.3. The van der Waals surface area contributed by atoms with Gasteiger partial charge in [0.1, 0.15) is 0 Å². The van der Waals surface area contributed by atoms with Crippen LogP contribution in [0.15, 0.2) is 17.5 Å². The Hall–Kier alpha value is -0.960. The van der Waals surface area contributed by atoms with Crippen molar-refractivity contribution in [1.29, 1.82) is 0 Å². The topological polar surface area (TPSA) is 75.7 Å². The average molecular weight is 332 g/mol. The molecule has 0 unspecified atom stereocenters. The van der Waals surface area contributed by atoms with Crippen LogP contribution in [0.1, 0.15) is 11.8 Å². The molecule has 0 aliphatic carbocycles. The molecular formula is C13H20N2O4S2. The summed E-state index contributed by atoms with van der Waals surface area (Å²) in [5.74, 6) is -0.271. The summed E-state index contributed by atoms with van der Waals surface area (Å²) in [6.07, 6.45) is 1.91. The smallest absolute Gasteiger partial charge is 0.253 e. The lowest BCUT2D eigenvalue weighted by molar-refractivity contribution is -0.152. The van der Waals surface area contributed by atoms with Crippen molar-refractivity contribution >= 4 is 27.3 Å². The molecule has 6 nitrogen and oxygen atoms in total. The lowest BCUT2D eigenvalue weighted by Gasteiger charge is -2.37. The number of thiophene rings is 1. The maximum Gasteiger partial charge on any atom is 0.253 e. The molecule has 0 bridgehead atoms. The number of hydrogen-bond donors (Lipinski definition) is 1. The van der Waals surface area contributed by atoms with Crippen LogP contribution in [0.3, 0.4) is 0 Å². The van der Waals surface area contributed by atoms with Crippen LogP contribution in [0, 0.1) is 0 Å². The molecule has 1 saturated heterocycles. The van der Waals surface area contributed by atoms with E-state index in [1.807, 2.05) is 17.5 Å². The van der Waals surface area contributed by atoms with E-state index in [1.54, 1.807) is 18.3 Å². The monoisotopic (exact) mass is 332 g/mol. The van der Waals surface area contributed by atoms with Crippen LogP contribution in [0.2, 0.25) is 0 Å². The summed E-state index contributed by atoms with van der Waals surface area (Å²) in [5, 5.41) is 4.82. The number of rotatable bonds is 5. The summed E-state index contributed by atoms with van der Waals surface area (Å²) < 4.78 is 30.0. The molecule has 8 heteroatoms. The number of carbonyl (C=O) groups is 1. The highest BCUT2D eigenvalue weighted by Crippen LogP contribution is 2.20. The molecule has 1 aromatic heterocycles. The normalized spacial score (nSPS) is 23.9. The highest BCUT2D eigenvalue weighted by atomic mass is 32.2. The van der Waals surface area contributed by atoms with Gasteiger partial charge >= 0.3 is 0 Å². The van der Waals surface area contributed by atoms with Crippen molar-refractivity contribution in [2.45, 2.75) is 18.9 Å². The van der Waals surface area contributed by atoms with Gasteiger partial charge < -0.3 is 10.1 Å². The van der Waals surface area contributed by atoms with Gasteiger partial charge in [-0.25, -0.2) is 8.42 Å². The predicted molar refractivity (Wildman–Crippen MR) is 81.8 cm³/mol. The number of nitrogens with one attached hydrogen (secondary N) is 1. The van der Waals surface area contributed by atoms with E-state index in [4.69, 9.17) is 4.74 Å². The van der Waals surface area contributed by atoms with Gasteiger partial charge in [-0.2, -0.15) is 4.31 Å². The minimum atomic E-state index is -3.31. The Morgan fingerprint density at radius 1 is 1.57 bits per heavy atom. The number of hydrogen-bond acceptors (Lipinski definition) is 5. The Morgan fingerprint density at radius 2 is 2.33 bits per heavy atom. The van der Waals surface area contributed by atoms with Crippen molar-refractivity contribution in [3.63, 3.8) is 0 Å². The summed E-state index contributed by atoms with van der Waals surface area (Å²) in [7, 11) is -3.31. The van der Waals surface area contributed by atoms with E-state index in [0.29, 0.717) is 6.54 Å². The van der Waals surface area contributed by atoms with Crippen LogP contribution in [-0.4, -0.2) is 56.7 Å². The van der Waals surface area contributed by atoms with Crippen LogP contribution in [0.4, 0.5) is 0 Å². The van der Waals surface area contributed by atoms with Gasteiger partial charge in [-0.1, -0.05) is 6.07 Å². The number of nitrogens with zero attached hydrogens (tertiary/aromatic N) is 1. The first-order valence-electron chi connectivity index (χ1n) is 6.71. The zero-order valence-corrected chi connectivity index (χ0v) is 13.8. The van der Waals surface area contributed by atoms with Crippen molar-refractivity contribution in [3.05, 3.63) is 22.4 Å². The Labute approximate surface area is 129 Å². The van der Waals surface area contributed by atoms with Gasteiger partial charge in [0, 0.05) is 18.0 Å². The van der Waals surface area contributed by atoms with Crippen molar-refractivity contribution in [2.75, 3.05) is 32.5 Å². The van der Waals surface area contributed by atoms with E-state index in [2.05, 4.69) is 5.32 Å². The summed E-state index contributed by atoms with van der Waals surface area (Å²) in [6, 6.07) is 3.98. The number of carbonyl (C=O) groups excluding carboxylic acids is 1. The number of amides is 1. The molecule has 1 N–H and O–H groups in total. The molecular weight excluding hydrogens is 312 g/mol. The lowest BCUT2D eigenvalue weighted by atomic mass is 10.0. The number of morpholine rings is 1. The molecule has 1 amide bonds. The second-order valence-electron chi connectivity index (χ2n) is 5.26. The van der Waals surface area contributed by atoms with Crippen molar-refractivity contribution in [2.24, 2.45) is 0 Å². The summed E-state index contributed by atoms with van der Waals surface area (Å²) in [4.78, 5) is 13.5. The van der Waals surface area contributed by atoms with E-state index in [1.165, 1.54) is 9.18 Å². The fraction of sp³-hybridized carbons (Fsp3) is 0.615. The quantitative estimate of drug-likeness (QED) is 0.850. The minimum Gasteiger partial charge on any atom is -0.363 e. The van der Waals surface area contributed by atoms with E-state index in [-0.39, 0.29) is 25.6 Å². The fourth-order valence-corrected chi connectivity index (χ4v) is 3.79. The Kier molecular flexibility index (Phi) is 5.03. The van der Waals surface area contributed by atoms with Gasteiger partial charge in [0.25, 0.3) is 5.91 Å². The highest BCUT2D eigenvalue weighted by Gasteiger charge is 2.41. The second kappa shape index (κ2) is 6.43. The fourth-order valence-electron chi connectivity index (χ4n) is 2.20. The molecule has 0 saturated carbocycles. The standard InChI is InChI=1S/C13H20N2O4S2/c1-13(10-15(7-8-19-13)21(2,17)18)12(16)14-6-5-11-4-3-9-20-11/h3-4,9H,5-8,10H2,1-2H3,(H,14,16)/t13-/m0/s1. The molecule has 1 fully saturated rings. The molecule has 0 spiro atoms. The molecule has 1 aliphatic heterocycles. The molecule has 0 aromatic carbocycles. The molecule has 0 radical (unpaired) electrons. The third-order valence-corrected chi connectivity index (χ3v) is 5.61. The van der Waals surface area contributed by atoms with Crippen molar-refractivity contribution in [3.8, 4) is 0 Å². The van der Waals surface area contributed by atoms with Gasteiger partial charge in [-0.05, 0) is 24.8 Å². The Balaban J connectivity index is 1.90. The third kappa shape index (κ3) is 4.26. The Bertz CT molecular complexity index is 585. The summed E-state index contributed by atoms with van der Waals surface area (Å²) >= 11 is 1.64. The molecule has 1 aromatic rings. The minimum absolute atomic E-state index is 0.0523. The van der Waals surface area contributed by atoms with Crippen molar-refractivity contribution in [1.82, 2.24) is 9.62 Å². The molecule has 2 rings (SSSR count). The van der Waals surface area contributed by atoms with Gasteiger partial charge in [0.2, 0.25) is 10.0 Å². The third-order valence-electron chi connectivity index (χ3n) is 3.43. The summed E-state index contributed by atoms with van der Waals surface area (Å²) in [5.41, 5.74) is -1.13. The predicted octanol–water partition coefficient (Wildman–Crippen LogP) is 0.457. The summed E-state index contributed by atoms with van der Waals surface area (Å²) in [6.45, 7) is 2.71. The van der Waals surface area contributed by atoms with Gasteiger partial charge in [-0.15, -0.1) is 11.3 Å². The largest absolute Gasteiger partial charge is 0.363 e. The first-order chi connectivity index (χ1) is 9.81. The first kappa shape index (κ1) is 16.4. The second-order valence-corrected chi connectivity index (χ2v) is 8.28. The zero-order valence-electron chi connectivity index (χ0n) is 12.2. The van der Waals surface area contributed by atoms with Crippen LogP contribution < -0.4 is 5.32 Å². The van der Waals surface area contributed by atoms with Gasteiger partial charge in [0.05, 0.1) is 19.4 Å². The van der Waals surface area contributed by atoms with E-state index >= 15 is 0 Å². The number of sulfonamides is 1. The first-order valence-corrected chi connectivity index (χ1v) is 9.44. The van der Waals surface area contributed by atoms with Crippen LogP contribution >= 0.6 is 11.3 Å². The van der Waals surface area contributed by atoms with E-state index < -0.39 is 15.6 Å². The molecule has 2 heterocycles. The van der Waals surface area contributed by atoms with Gasteiger partial charge in [0.15, 0.2) is 5.60 Å². The zero-order chi connectivity index (χ0) is 15.5. The lowest BCUT2D eigenvalue weighted by Crippen LogP contribution is -2.59. The SMILES string of the molecule is C[C@@]1(C(=O)NCCc2cccs2)CN(S(C)(=O)=O)CCO1. The van der Waals surface area contributed by atoms with E-state index in [9.17, 15) is 13.2 Å². The molecule has 1 aliphatic rings. The van der Waals surface area contributed by atoms with Crippen molar-refractivity contribution < 1.29 is 17.9 Å². The van der Waals surface area contributed by atoms with Crippen LogP contribution in [0.5, 0.6) is 0 Å². The molecule has 118 valence electrons. The van der Waals surface area contributed by atoms with E-state index in [0.717, 1.165) is 12.7 Å². The van der Waals surface area contributed by atoms with Gasteiger partial charge in [-0.3, -0.25) is 4.79 Å². The highest BCUT2D eigenvalue weighted by molar-refractivity contribution is 7.88. The molecule has 21 heavy (non-hydrogen) atoms.